The number of anilines is 1. The Morgan fingerprint density at radius 1 is 1.19 bits per heavy atom. The van der Waals surface area contributed by atoms with Crippen LogP contribution in [0.25, 0.3) is 11.1 Å². The molecule has 4 rings (SSSR count). The molecule has 2 heterocycles. The molecular formula is C19H18N4O3. The fourth-order valence-corrected chi connectivity index (χ4v) is 3.22. The van der Waals surface area contributed by atoms with Crippen LogP contribution in [0.4, 0.5) is 5.69 Å². The van der Waals surface area contributed by atoms with Crippen molar-refractivity contribution in [3.63, 3.8) is 0 Å². The Labute approximate surface area is 150 Å². The second-order valence-electron chi connectivity index (χ2n) is 6.29. The summed E-state index contributed by atoms with van der Waals surface area (Å²) in [6.07, 6.45) is 2.27. The molecule has 0 radical (unpaired) electrons. The maximum Gasteiger partial charge on any atom is 0.359 e. The first kappa shape index (κ1) is 16.1. The molecule has 2 N–H and O–H groups in total. The average molecular weight is 350 g/mol. The first-order chi connectivity index (χ1) is 12.6. The third-order valence-corrected chi connectivity index (χ3v) is 4.56. The number of carboxylic acids is 1. The minimum atomic E-state index is -1.17. The van der Waals surface area contributed by atoms with Gasteiger partial charge in [-0.25, -0.2) is 9.89 Å². The van der Waals surface area contributed by atoms with E-state index in [9.17, 15) is 4.79 Å². The second-order valence-corrected chi connectivity index (χ2v) is 6.29. The number of aryl methyl sites for hydroxylation is 1. The summed E-state index contributed by atoms with van der Waals surface area (Å²) in [5, 5.41) is 18.5. The number of hydrogen-bond acceptors (Lipinski definition) is 5. The van der Waals surface area contributed by atoms with Gasteiger partial charge in [-0.3, -0.25) is 0 Å². The summed E-state index contributed by atoms with van der Waals surface area (Å²) >= 11 is 0. The number of carboxylic acid groups (broad SMARTS) is 1. The largest absolute Gasteiger partial charge is 0.476 e. The van der Waals surface area contributed by atoms with Crippen molar-refractivity contribution in [1.29, 1.82) is 0 Å². The number of nitrogens with one attached hydrogen (secondary N) is 1. The number of benzene rings is 2. The van der Waals surface area contributed by atoms with Crippen molar-refractivity contribution in [2.45, 2.75) is 12.8 Å². The lowest BCUT2D eigenvalue weighted by Gasteiger charge is -2.27. The minimum Gasteiger partial charge on any atom is -0.476 e. The zero-order valence-corrected chi connectivity index (χ0v) is 14.3. The van der Waals surface area contributed by atoms with E-state index in [1.54, 1.807) is 12.1 Å². The van der Waals surface area contributed by atoms with E-state index < -0.39 is 5.97 Å². The van der Waals surface area contributed by atoms with Gasteiger partial charge < -0.3 is 14.7 Å². The van der Waals surface area contributed by atoms with E-state index in [0.717, 1.165) is 24.1 Å². The Bertz CT molecular complexity index is 950. The van der Waals surface area contributed by atoms with E-state index in [1.165, 1.54) is 17.7 Å². The van der Waals surface area contributed by atoms with Crippen LogP contribution in [0.15, 0.2) is 42.5 Å². The number of H-pyrrole nitrogens is 1. The maximum atomic E-state index is 11.1. The van der Waals surface area contributed by atoms with Crippen molar-refractivity contribution in [2.24, 2.45) is 0 Å². The van der Waals surface area contributed by atoms with E-state index >= 15 is 0 Å². The van der Waals surface area contributed by atoms with Gasteiger partial charge in [0.1, 0.15) is 5.75 Å². The summed E-state index contributed by atoms with van der Waals surface area (Å²) in [5.41, 5.74) is 4.72. The molecule has 0 atom stereocenters. The molecule has 7 nitrogen and oxygen atoms in total. The molecule has 1 aliphatic rings. The van der Waals surface area contributed by atoms with Crippen molar-refractivity contribution in [2.75, 3.05) is 18.5 Å². The molecule has 26 heavy (non-hydrogen) atoms. The van der Waals surface area contributed by atoms with Crippen molar-refractivity contribution in [3.8, 4) is 22.8 Å². The van der Waals surface area contributed by atoms with Crippen LogP contribution < -0.4 is 9.64 Å². The molecule has 0 fully saturated rings. The van der Waals surface area contributed by atoms with Crippen LogP contribution in [0, 0.1) is 0 Å². The summed E-state index contributed by atoms with van der Waals surface area (Å²) in [6, 6.07) is 14.0. The van der Waals surface area contributed by atoms with Crippen LogP contribution in [0.2, 0.25) is 0 Å². The maximum absolute atomic E-state index is 11.1. The van der Waals surface area contributed by atoms with Gasteiger partial charge in [0.25, 0.3) is 5.88 Å². The molecule has 1 aliphatic heterocycles. The zero-order chi connectivity index (χ0) is 18.1. The standard InChI is InChI=1S/C19H18N4O3/c1-23-10-2-3-14-11-13(6-9-16(14)23)12-4-7-15(8-5-12)26-18-17(19(24)25)20-22-21-18/h4-9,11H,2-3,10H2,1H3,(H,24,25)(H,20,21,22). The lowest BCUT2D eigenvalue weighted by molar-refractivity contribution is 0.0687. The predicted molar refractivity (Wildman–Crippen MR) is 96.9 cm³/mol. The van der Waals surface area contributed by atoms with Crippen molar-refractivity contribution >= 4 is 11.7 Å². The Morgan fingerprint density at radius 2 is 1.96 bits per heavy atom. The van der Waals surface area contributed by atoms with Gasteiger partial charge in [0.15, 0.2) is 0 Å². The van der Waals surface area contributed by atoms with Gasteiger partial charge in [-0.2, -0.15) is 0 Å². The molecule has 0 spiro atoms. The lowest BCUT2D eigenvalue weighted by atomic mass is 9.96. The molecule has 0 unspecified atom stereocenters. The van der Waals surface area contributed by atoms with Gasteiger partial charge in [0.05, 0.1) is 0 Å². The van der Waals surface area contributed by atoms with E-state index in [2.05, 4.69) is 45.6 Å². The highest BCUT2D eigenvalue weighted by Gasteiger charge is 2.17. The molecule has 0 aliphatic carbocycles. The summed E-state index contributed by atoms with van der Waals surface area (Å²) in [7, 11) is 2.12. The number of aromatic amines is 1. The molecule has 3 aromatic rings. The number of aromatic carboxylic acids is 1. The molecule has 0 saturated heterocycles. The number of aromatic nitrogens is 3. The Morgan fingerprint density at radius 3 is 2.73 bits per heavy atom. The number of ether oxygens (including phenoxy) is 1. The highest BCUT2D eigenvalue weighted by Crippen LogP contribution is 2.32. The quantitative estimate of drug-likeness (QED) is 0.750. The summed E-state index contributed by atoms with van der Waals surface area (Å²) in [6.45, 7) is 1.10. The highest BCUT2D eigenvalue weighted by atomic mass is 16.5. The van der Waals surface area contributed by atoms with Gasteiger partial charge in [-0.05, 0) is 53.8 Å². The van der Waals surface area contributed by atoms with Crippen LogP contribution >= 0.6 is 0 Å². The Hall–Kier alpha value is -3.35. The number of hydrogen-bond donors (Lipinski definition) is 2. The van der Waals surface area contributed by atoms with Crippen LogP contribution in [0.1, 0.15) is 22.5 Å². The molecular weight excluding hydrogens is 332 g/mol. The Balaban J connectivity index is 1.56. The summed E-state index contributed by atoms with van der Waals surface area (Å²) < 4.78 is 5.51. The van der Waals surface area contributed by atoms with Crippen molar-refractivity contribution in [3.05, 3.63) is 53.7 Å². The van der Waals surface area contributed by atoms with Gasteiger partial charge in [0, 0.05) is 19.3 Å². The van der Waals surface area contributed by atoms with Gasteiger partial charge in [-0.1, -0.05) is 28.5 Å². The molecule has 0 saturated carbocycles. The SMILES string of the molecule is CN1CCCc2cc(-c3ccc(Oc4nn[nH]c4C(=O)O)cc3)ccc21. The third-order valence-electron chi connectivity index (χ3n) is 4.56. The number of nitrogens with zero attached hydrogens (tertiary/aromatic N) is 3. The van der Waals surface area contributed by atoms with Crippen LogP contribution in [-0.4, -0.2) is 40.1 Å². The predicted octanol–water partition coefficient (Wildman–Crippen LogP) is 3.34. The monoisotopic (exact) mass is 350 g/mol. The molecule has 132 valence electrons. The number of fused-ring (bicyclic) bond motifs is 1. The summed E-state index contributed by atoms with van der Waals surface area (Å²) in [4.78, 5) is 13.3. The topological polar surface area (TPSA) is 91.3 Å². The van der Waals surface area contributed by atoms with Gasteiger partial charge in [-0.15, -0.1) is 0 Å². The van der Waals surface area contributed by atoms with E-state index in [-0.39, 0.29) is 11.6 Å². The third kappa shape index (κ3) is 2.99. The summed E-state index contributed by atoms with van der Waals surface area (Å²) in [5.74, 6) is -0.717. The first-order valence-electron chi connectivity index (χ1n) is 8.38. The fraction of sp³-hybridized carbons (Fsp3) is 0.211. The molecule has 7 heteroatoms. The molecule has 1 aromatic heterocycles. The first-order valence-corrected chi connectivity index (χ1v) is 8.38. The fourth-order valence-electron chi connectivity index (χ4n) is 3.22. The average Bonchev–Trinajstić information content (AvgIpc) is 3.11. The highest BCUT2D eigenvalue weighted by molar-refractivity contribution is 5.87. The number of rotatable bonds is 4. The van der Waals surface area contributed by atoms with Crippen LogP contribution in [-0.2, 0) is 6.42 Å². The van der Waals surface area contributed by atoms with Gasteiger partial charge in [0.2, 0.25) is 5.69 Å². The molecule has 2 aromatic carbocycles. The Kier molecular flexibility index (Phi) is 4.04. The van der Waals surface area contributed by atoms with Crippen LogP contribution in [0.3, 0.4) is 0 Å². The van der Waals surface area contributed by atoms with Crippen molar-refractivity contribution < 1.29 is 14.6 Å². The molecule has 0 amide bonds. The number of carbonyl (C=O) groups is 1. The van der Waals surface area contributed by atoms with E-state index in [1.807, 2.05) is 12.1 Å². The van der Waals surface area contributed by atoms with Crippen LogP contribution in [0.5, 0.6) is 11.6 Å². The van der Waals surface area contributed by atoms with Gasteiger partial charge >= 0.3 is 5.97 Å². The second kappa shape index (κ2) is 6.51. The molecule has 0 bridgehead atoms. The smallest absolute Gasteiger partial charge is 0.359 e. The lowest BCUT2D eigenvalue weighted by Crippen LogP contribution is -2.24. The normalized spacial score (nSPS) is 13.3. The van der Waals surface area contributed by atoms with E-state index in [0.29, 0.717) is 5.75 Å². The van der Waals surface area contributed by atoms with Crippen molar-refractivity contribution in [1.82, 2.24) is 15.4 Å². The zero-order valence-electron chi connectivity index (χ0n) is 14.3. The van der Waals surface area contributed by atoms with E-state index in [4.69, 9.17) is 9.84 Å². The minimum absolute atomic E-state index is 0.0536.